The average Bonchev–Trinajstić information content (AvgIpc) is 3.60. The summed E-state index contributed by atoms with van der Waals surface area (Å²) in [4.78, 5) is 15.0. The Labute approximate surface area is 230 Å². The van der Waals surface area contributed by atoms with Crippen LogP contribution >= 0.6 is 22.9 Å². The lowest BCUT2D eigenvalue weighted by Crippen LogP contribution is -2.34. The van der Waals surface area contributed by atoms with Gasteiger partial charge in [-0.05, 0) is 61.9 Å². The number of hydrogen-bond donors (Lipinski definition) is 1. The van der Waals surface area contributed by atoms with E-state index in [1.807, 2.05) is 50.2 Å². The molecule has 1 saturated heterocycles. The zero-order chi connectivity index (χ0) is 27.1. The van der Waals surface area contributed by atoms with Crippen LogP contribution in [0.1, 0.15) is 24.3 Å². The number of benzene rings is 2. The number of halogens is 1. The summed E-state index contributed by atoms with van der Waals surface area (Å²) in [5.41, 5.74) is 2.33. The summed E-state index contributed by atoms with van der Waals surface area (Å²) in [7, 11) is -3.34. The molecule has 11 heteroatoms. The van der Waals surface area contributed by atoms with E-state index >= 15 is 0 Å². The van der Waals surface area contributed by atoms with Gasteiger partial charge in [-0.1, -0.05) is 35.9 Å². The first-order chi connectivity index (χ1) is 18.0. The third-order valence-electron chi connectivity index (χ3n) is 5.99. The minimum absolute atomic E-state index is 0.229. The van der Waals surface area contributed by atoms with Gasteiger partial charge in [0.15, 0.2) is 21.3 Å². The van der Waals surface area contributed by atoms with Crippen molar-refractivity contribution < 1.29 is 22.7 Å². The Morgan fingerprint density at radius 1 is 1.13 bits per heavy atom. The maximum Gasteiger partial charge on any atom is 0.271 e. The molecule has 1 atom stereocenters. The summed E-state index contributed by atoms with van der Waals surface area (Å²) < 4.78 is 37.1. The standard InChI is InChI=1S/C27H26ClN3O5S2/c1-27(2)35-16-18(36-27)15-29-26(32)21-14-23(31(30-21)22-10-5-4-9-20(22)28)25-12-11-24(37-25)17-7-6-8-19(13-17)38(3,33)34/h4-14,18H,15-16H2,1-3H3,(H,29,32). The lowest BCUT2D eigenvalue weighted by Gasteiger charge is -2.17. The molecule has 0 bridgehead atoms. The number of ether oxygens (including phenoxy) is 2. The summed E-state index contributed by atoms with van der Waals surface area (Å²) in [6, 6.07) is 19.7. The highest BCUT2D eigenvalue weighted by atomic mass is 35.5. The molecule has 4 aromatic rings. The van der Waals surface area contributed by atoms with Gasteiger partial charge in [-0.2, -0.15) is 5.10 Å². The molecular formula is C27H26ClN3O5S2. The number of thiophene rings is 1. The van der Waals surface area contributed by atoms with Gasteiger partial charge < -0.3 is 14.8 Å². The van der Waals surface area contributed by atoms with Crippen LogP contribution in [0.25, 0.3) is 26.7 Å². The first kappa shape index (κ1) is 26.6. The van der Waals surface area contributed by atoms with Crippen LogP contribution in [0.3, 0.4) is 0 Å². The Balaban J connectivity index is 1.48. The van der Waals surface area contributed by atoms with Gasteiger partial charge >= 0.3 is 0 Å². The number of sulfone groups is 1. The lowest BCUT2D eigenvalue weighted by molar-refractivity contribution is -0.137. The Morgan fingerprint density at radius 3 is 2.61 bits per heavy atom. The first-order valence-electron chi connectivity index (χ1n) is 11.9. The second-order valence-electron chi connectivity index (χ2n) is 9.40. The second-order valence-corrected chi connectivity index (χ2v) is 12.9. The number of para-hydroxylation sites is 1. The number of hydrogen-bond acceptors (Lipinski definition) is 7. The Morgan fingerprint density at radius 2 is 1.89 bits per heavy atom. The van der Waals surface area contributed by atoms with Crippen LogP contribution in [-0.4, -0.2) is 55.4 Å². The van der Waals surface area contributed by atoms with Crippen molar-refractivity contribution >= 4 is 38.7 Å². The molecule has 2 aromatic carbocycles. The molecule has 0 radical (unpaired) electrons. The Hall–Kier alpha value is -3.02. The quantitative estimate of drug-likeness (QED) is 0.327. The molecule has 1 N–H and O–H groups in total. The third-order valence-corrected chi connectivity index (χ3v) is 8.57. The summed E-state index contributed by atoms with van der Waals surface area (Å²) >= 11 is 7.96. The number of nitrogens with zero attached hydrogens (tertiary/aromatic N) is 2. The summed E-state index contributed by atoms with van der Waals surface area (Å²) in [5, 5.41) is 7.96. The van der Waals surface area contributed by atoms with Gasteiger partial charge in [0.1, 0.15) is 6.10 Å². The van der Waals surface area contributed by atoms with E-state index in [4.69, 9.17) is 21.1 Å². The van der Waals surface area contributed by atoms with Crippen LogP contribution in [0.15, 0.2) is 71.6 Å². The molecular weight excluding hydrogens is 546 g/mol. The second kappa shape index (κ2) is 10.3. The molecule has 8 nitrogen and oxygen atoms in total. The van der Waals surface area contributed by atoms with E-state index in [-0.39, 0.29) is 29.1 Å². The van der Waals surface area contributed by atoms with E-state index < -0.39 is 15.6 Å². The van der Waals surface area contributed by atoms with Crippen molar-refractivity contribution in [1.82, 2.24) is 15.1 Å². The maximum atomic E-state index is 13.1. The Kier molecular flexibility index (Phi) is 7.19. The van der Waals surface area contributed by atoms with Crippen molar-refractivity contribution in [3.05, 3.63) is 77.4 Å². The zero-order valence-electron chi connectivity index (χ0n) is 21.0. The molecule has 1 aliphatic heterocycles. The van der Waals surface area contributed by atoms with Crippen molar-refractivity contribution in [1.29, 1.82) is 0 Å². The minimum atomic E-state index is -3.34. The van der Waals surface area contributed by atoms with Crippen molar-refractivity contribution in [3.63, 3.8) is 0 Å². The molecule has 1 fully saturated rings. The van der Waals surface area contributed by atoms with E-state index in [1.165, 1.54) is 17.6 Å². The fraction of sp³-hybridized carbons (Fsp3) is 0.259. The van der Waals surface area contributed by atoms with Gasteiger partial charge in [0, 0.05) is 17.7 Å². The molecule has 0 aliphatic carbocycles. The monoisotopic (exact) mass is 571 g/mol. The highest BCUT2D eigenvalue weighted by Crippen LogP contribution is 2.37. The fourth-order valence-electron chi connectivity index (χ4n) is 4.15. The van der Waals surface area contributed by atoms with Gasteiger partial charge in [-0.25, -0.2) is 13.1 Å². The van der Waals surface area contributed by atoms with E-state index in [0.717, 1.165) is 15.3 Å². The highest BCUT2D eigenvalue weighted by molar-refractivity contribution is 7.90. The van der Waals surface area contributed by atoms with Crippen LogP contribution in [-0.2, 0) is 19.3 Å². The third kappa shape index (κ3) is 5.69. The normalized spacial score (nSPS) is 17.0. The van der Waals surface area contributed by atoms with Crippen LogP contribution in [0.5, 0.6) is 0 Å². The molecule has 38 heavy (non-hydrogen) atoms. The van der Waals surface area contributed by atoms with Crippen LogP contribution in [0, 0.1) is 0 Å². The number of amides is 1. The van der Waals surface area contributed by atoms with Crippen LogP contribution < -0.4 is 5.32 Å². The SMILES string of the molecule is CC1(C)OCC(CNC(=O)c2cc(-c3ccc(-c4cccc(S(C)(=O)=O)c4)s3)n(-c3ccccc3Cl)n2)O1. The smallest absolute Gasteiger partial charge is 0.271 e. The molecule has 0 spiro atoms. The molecule has 0 saturated carbocycles. The van der Waals surface area contributed by atoms with Crippen molar-refractivity contribution in [2.75, 3.05) is 19.4 Å². The van der Waals surface area contributed by atoms with Gasteiger partial charge in [0.05, 0.1) is 32.8 Å². The topological polar surface area (TPSA) is 99.5 Å². The van der Waals surface area contributed by atoms with E-state index in [9.17, 15) is 13.2 Å². The van der Waals surface area contributed by atoms with Gasteiger partial charge in [-0.15, -0.1) is 11.3 Å². The summed E-state index contributed by atoms with van der Waals surface area (Å²) in [6.45, 7) is 4.35. The average molecular weight is 572 g/mol. The van der Waals surface area contributed by atoms with Crippen molar-refractivity contribution in [2.45, 2.75) is 30.6 Å². The number of carbonyl (C=O) groups is 1. The molecule has 3 heterocycles. The molecule has 1 amide bonds. The first-order valence-corrected chi connectivity index (χ1v) is 14.9. The zero-order valence-corrected chi connectivity index (χ0v) is 23.4. The van der Waals surface area contributed by atoms with E-state index in [1.54, 1.807) is 35.0 Å². The number of rotatable bonds is 7. The molecule has 198 valence electrons. The predicted molar refractivity (Wildman–Crippen MR) is 148 cm³/mol. The van der Waals surface area contributed by atoms with Crippen LogP contribution in [0.2, 0.25) is 5.02 Å². The number of carbonyl (C=O) groups excluding carboxylic acids is 1. The molecule has 2 aromatic heterocycles. The summed E-state index contributed by atoms with van der Waals surface area (Å²) in [6.07, 6.45) is 0.939. The maximum absolute atomic E-state index is 13.1. The van der Waals surface area contributed by atoms with Crippen LogP contribution in [0.4, 0.5) is 0 Å². The highest BCUT2D eigenvalue weighted by Gasteiger charge is 2.33. The number of nitrogens with one attached hydrogen (secondary N) is 1. The number of aromatic nitrogens is 2. The Bertz CT molecular complexity index is 1610. The van der Waals surface area contributed by atoms with E-state index in [2.05, 4.69) is 10.4 Å². The fourth-order valence-corrected chi connectivity index (χ4v) is 6.03. The summed E-state index contributed by atoms with van der Waals surface area (Å²) in [5.74, 6) is -1.02. The minimum Gasteiger partial charge on any atom is -0.348 e. The van der Waals surface area contributed by atoms with Gasteiger partial charge in [0.2, 0.25) is 0 Å². The largest absolute Gasteiger partial charge is 0.348 e. The predicted octanol–water partition coefficient (Wildman–Crippen LogP) is 5.21. The van der Waals surface area contributed by atoms with Crippen molar-refractivity contribution in [3.8, 4) is 26.7 Å². The molecule has 1 aliphatic rings. The molecule has 1 unspecified atom stereocenters. The molecule has 5 rings (SSSR count). The van der Waals surface area contributed by atoms with Crippen molar-refractivity contribution in [2.24, 2.45) is 0 Å². The van der Waals surface area contributed by atoms with E-state index in [0.29, 0.717) is 23.0 Å². The van der Waals surface area contributed by atoms with Gasteiger partial charge in [-0.3, -0.25) is 4.79 Å². The van der Waals surface area contributed by atoms with Gasteiger partial charge in [0.25, 0.3) is 5.91 Å². The lowest BCUT2D eigenvalue weighted by atomic mass is 10.2.